The van der Waals surface area contributed by atoms with Crippen molar-refractivity contribution in [1.29, 1.82) is 0 Å². The van der Waals surface area contributed by atoms with Gasteiger partial charge in [-0.15, -0.1) is 6.58 Å². The van der Waals surface area contributed by atoms with Crippen molar-refractivity contribution >= 4 is 11.8 Å². The molecule has 0 saturated carbocycles. The zero-order valence-corrected chi connectivity index (χ0v) is 17.8. The number of anilines is 1. The van der Waals surface area contributed by atoms with Crippen LogP contribution in [0.5, 0.6) is 11.5 Å². The molecule has 5 heteroatoms. The lowest BCUT2D eigenvalue weighted by Crippen LogP contribution is -2.37. The molecule has 1 aliphatic heterocycles. The molecule has 0 bridgehead atoms. The van der Waals surface area contributed by atoms with Crippen LogP contribution in [0.2, 0.25) is 0 Å². The second-order valence-electron chi connectivity index (χ2n) is 7.52. The monoisotopic (exact) mass is 406 g/mol. The molecule has 0 aliphatic carbocycles. The number of fused-ring (bicyclic) bond motifs is 1. The molecule has 2 aromatic rings. The topological polar surface area (TPSA) is 42.0 Å². The summed E-state index contributed by atoms with van der Waals surface area (Å²) in [6.45, 7) is 8.62. The van der Waals surface area contributed by atoms with Crippen LogP contribution in [0.25, 0.3) is 0 Å². The Morgan fingerprint density at radius 1 is 1.13 bits per heavy atom. The summed E-state index contributed by atoms with van der Waals surface area (Å²) < 4.78 is 11.4. The number of nitrogens with zero attached hydrogens (tertiary/aromatic N) is 2. The maximum absolute atomic E-state index is 12.7. The van der Waals surface area contributed by atoms with Gasteiger partial charge in [0.1, 0.15) is 18.1 Å². The summed E-state index contributed by atoms with van der Waals surface area (Å²) in [7, 11) is 2.05. The zero-order valence-electron chi connectivity index (χ0n) is 17.8. The summed E-state index contributed by atoms with van der Waals surface area (Å²) in [6.07, 6.45) is 7.46. The second kappa shape index (κ2) is 10.6. The van der Waals surface area contributed by atoms with Gasteiger partial charge < -0.3 is 9.47 Å². The molecule has 0 N–H and O–H groups in total. The molecule has 1 amide bonds. The van der Waals surface area contributed by atoms with Crippen LogP contribution in [-0.4, -0.2) is 44.3 Å². The fourth-order valence-corrected chi connectivity index (χ4v) is 3.38. The van der Waals surface area contributed by atoms with Gasteiger partial charge in [0.05, 0.1) is 5.69 Å². The minimum absolute atomic E-state index is 0.347. The van der Waals surface area contributed by atoms with Gasteiger partial charge in [-0.05, 0) is 62.7 Å². The Hall–Kier alpha value is -3.05. The lowest BCUT2D eigenvalue weighted by atomic mass is 10.0. The summed E-state index contributed by atoms with van der Waals surface area (Å²) in [4.78, 5) is 16.6. The van der Waals surface area contributed by atoms with Crippen molar-refractivity contribution in [2.75, 3.05) is 38.2 Å². The molecule has 1 heterocycles. The molecule has 0 radical (unpaired) electrons. The molecule has 30 heavy (non-hydrogen) atoms. The largest absolute Gasteiger partial charge is 0.490 e. The van der Waals surface area contributed by atoms with Crippen LogP contribution in [0, 0.1) is 6.92 Å². The molecule has 0 unspecified atom stereocenters. The number of benzene rings is 2. The number of rotatable bonds is 8. The first-order valence-corrected chi connectivity index (χ1v) is 10.3. The SMILES string of the molecule is C=CCN(C)CC=CCOc1ccc2c(c1)CCCN2C(=O)Oc1ccc(C)cc1. The van der Waals surface area contributed by atoms with Crippen LogP contribution in [0.15, 0.2) is 67.3 Å². The molecule has 0 spiro atoms. The Bertz CT molecular complexity index is 890. The Morgan fingerprint density at radius 2 is 1.90 bits per heavy atom. The molecule has 5 nitrogen and oxygen atoms in total. The molecular formula is C25H30N2O3. The number of amides is 1. The smallest absolute Gasteiger partial charge is 0.419 e. The second-order valence-corrected chi connectivity index (χ2v) is 7.52. The van der Waals surface area contributed by atoms with Gasteiger partial charge in [-0.25, -0.2) is 4.79 Å². The third-order valence-corrected chi connectivity index (χ3v) is 4.99. The summed E-state index contributed by atoms with van der Waals surface area (Å²) in [6, 6.07) is 13.4. The first kappa shape index (κ1) is 21.7. The van der Waals surface area contributed by atoms with Crippen molar-refractivity contribution < 1.29 is 14.3 Å². The zero-order chi connectivity index (χ0) is 21.3. The molecule has 3 rings (SSSR count). The van der Waals surface area contributed by atoms with Crippen molar-refractivity contribution in [3.63, 3.8) is 0 Å². The number of hydrogen-bond acceptors (Lipinski definition) is 4. The first-order valence-electron chi connectivity index (χ1n) is 10.3. The van der Waals surface area contributed by atoms with Gasteiger partial charge in [0.25, 0.3) is 0 Å². The molecule has 158 valence electrons. The van der Waals surface area contributed by atoms with E-state index in [2.05, 4.69) is 17.6 Å². The average Bonchev–Trinajstić information content (AvgIpc) is 2.74. The Morgan fingerprint density at radius 3 is 2.67 bits per heavy atom. The van der Waals surface area contributed by atoms with Crippen LogP contribution in [0.1, 0.15) is 17.5 Å². The number of carbonyl (C=O) groups is 1. The maximum Gasteiger partial charge on any atom is 0.419 e. The van der Waals surface area contributed by atoms with Gasteiger partial charge in [0, 0.05) is 19.6 Å². The highest BCUT2D eigenvalue weighted by atomic mass is 16.6. The number of aryl methyl sites for hydroxylation is 2. The standard InChI is InChI=1S/C25H30N2O3/c1-4-15-26(3)16-5-6-18-29-23-13-14-24-21(19-23)8-7-17-27(24)25(28)30-22-11-9-20(2)10-12-22/h4-6,9-14,19H,1,7-8,15-18H2,2-3H3. The van der Waals surface area contributed by atoms with Gasteiger partial charge in [0.15, 0.2) is 0 Å². The minimum Gasteiger partial charge on any atom is -0.490 e. The summed E-state index contributed by atoms with van der Waals surface area (Å²) in [5.74, 6) is 1.37. The van der Waals surface area contributed by atoms with Crippen LogP contribution < -0.4 is 14.4 Å². The van der Waals surface area contributed by atoms with Crippen LogP contribution in [0.3, 0.4) is 0 Å². The highest BCUT2D eigenvalue weighted by Crippen LogP contribution is 2.31. The minimum atomic E-state index is -0.347. The third-order valence-electron chi connectivity index (χ3n) is 4.99. The van der Waals surface area contributed by atoms with E-state index >= 15 is 0 Å². The van der Waals surface area contributed by atoms with Gasteiger partial charge in [-0.3, -0.25) is 9.80 Å². The van der Waals surface area contributed by atoms with Crippen LogP contribution >= 0.6 is 0 Å². The van der Waals surface area contributed by atoms with Crippen molar-refractivity contribution in [3.8, 4) is 11.5 Å². The summed E-state index contributed by atoms with van der Waals surface area (Å²) in [5.41, 5.74) is 3.13. The van der Waals surface area contributed by atoms with E-state index in [1.807, 2.05) is 68.6 Å². The fourth-order valence-electron chi connectivity index (χ4n) is 3.38. The van der Waals surface area contributed by atoms with Crippen molar-refractivity contribution in [2.45, 2.75) is 19.8 Å². The Labute approximate surface area is 179 Å². The van der Waals surface area contributed by atoms with E-state index in [-0.39, 0.29) is 6.09 Å². The van der Waals surface area contributed by atoms with Crippen LogP contribution in [-0.2, 0) is 6.42 Å². The van der Waals surface area contributed by atoms with E-state index in [1.54, 1.807) is 4.90 Å². The Balaban J connectivity index is 1.58. The highest BCUT2D eigenvalue weighted by molar-refractivity contribution is 5.90. The number of likely N-dealkylation sites (N-methyl/N-ethyl adjacent to an activating group) is 1. The molecule has 1 aliphatic rings. The number of carbonyl (C=O) groups excluding carboxylic acids is 1. The predicted octanol–water partition coefficient (Wildman–Crippen LogP) is 5.00. The van der Waals surface area contributed by atoms with E-state index in [4.69, 9.17) is 9.47 Å². The van der Waals surface area contributed by atoms with E-state index in [0.29, 0.717) is 18.9 Å². The average molecular weight is 407 g/mol. The van der Waals surface area contributed by atoms with E-state index < -0.39 is 0 Å². The fraction of sp³-hybridized carbons (Fsp3) is 0.320. The van der Waals surface area contributed by atoms with E-state index in [0.717, 1.165) is 48.5 Å². The lowest BCUT2D eigenvalue weighted by Gasteiger charge is -2.29. The quantitative estimate of drug-likeness (QED) is 0.579. The number of hydrogen-bond donors (Lipinski definition) is 0. The first-order chi connectivity index (χ1) is 14.6. The normalized spacial score (nSPS) is 13.4. The third kappa shape index (κ3) is 5.97. The Kier molecular flexibility index (Phi) is 7.69. The van der Waals surface area contributed by atoms with Gasteiger partial charge in [-0.1, -0.05) is 35.9 Å². The van der Waals surface area contributed by atoms with Crippen molar-refractivity contribution in [1.82, 2.24) is 4.90 Å². The maximum atomic E-state index is 12.7. The molecule has 0 saturated heterocycles. The number of ether oxygens (including phenoxy) is 2. The van der Waals surface area contributed by atoms with Crippen LogP contribution in [0.4, 0.5) is 10.5 Å². The molecule has 2 aromatic carbocycles. The van der Waals surface area contributed by atoms with Gasteiger partial charge in [0.2, 0.25) is 0 Å². The molecule has 0 fully saturated rings. The molecule has 0 aromatic heterocycles. The van der Waals surface area contributed by atoms with Crippen molar-refractivity contribution in [2.24, 2.45) is 0 Å². The predicted molar refractivity (Wildman–Crippen MR) is 122 cm³/mol. The van der Waals surface area contributed by atoms with E-state index in [9.17, 15) is 4.79 Å². The van der Waals surface area contributed by atoms with Gasteiger partial charge in [-0.2, -0.15) is 0 Å². The van der Waals surface area contributed by atoms with Crippen molar-refractivity contribution in [3.05, 3.63) is 78.4 Å². The lowest BCUT2D eigenvalue weighted by molar-refractivity contribution is 0.207. The molecule has 0 atom stereocenters. The van der Waals surface area contributed by atoms with E-state index in [1.165, 1.54) is 0 Å². The molecular weight excluding hydrogens is 376 g/mol. The highest BCUT2D eigenvalue weighted by Gasteiger charge is 2.24. The van der Waals surface area contributed by atoms with Gasteiger partial charge >= 0.3 is 6.09 Å². The summed E-state index contributed by atoms with van der Waals surface area (Å²) >= 11 is 0. The summed E-state index contributed by atoms with van der Waals surface area (Å²) in [5, 5.41) is 0.